The monoisotopic (exact) mass is 254 g/mol. The molecule has 0 amide bonds. The molecule has 1 aromatic rings. The summed E-state index contributed by atoms with van der Waals surface area (Å²) >= 11 is 0. The fourth-order valence-corrected chi connectivity index (χ4v) is 1.93. The number of rotatable bonds is 4. The zero-order chi connectivity index (χ0) is 12.9. The maximum atomic E-state index is 11.5. The second kappa shape index (κ2) is 5.63. The highest BCUT2D eigenvalue weighted by Gasteiger charge is 2.21. The van der Waals surface area contributed by atoms with Crippen molar-refractivity contribution < 1.29 is 17.9 Å². The van der Waals surface area contributed by atoms with E-state index in [9.17, 15) is 13.2 Å². The molecule has 1 aromatic carbocycles. The molecule has 92 valence electrons. The molecule has 0 aliphatic heterocycles. The molecule has 0 fully saturated rings. The Kier molecular flexibility index (Phi) is 4.45. The Labute approximate surface area is 101 Å². The lowest BCUT2D eigenvalue weighted by molar-refractivity contribution is -0.137. The predicted molar refractivity (Wildman–Crippen MR) is 65.9 cm³/mol. The van der Waals surface area contributed by atoms with Crippen LogP contribution in [0.25, 0.3) is 6.08 Å². The van der Waals surface area contributed by atoms with Crippen LogP contribution in [0.2, 0.25) is 0 Å². The minimum atomic E-state index is -3.60. The first-order valence-corrected chi connectivity index (χ1v) is 6.98. The Balaban J connectivity index is 3.17. The van der Waals surface area contributed by atoms with E-state index in [1.165, 1.54) is 6.08 Å². The summed E-state index contributed by atoms with van der Waals surface area (Å²) in [4.78, 5) is 11.2. The van der Waals surface area contributed by atoms with Gasteiger partial charge in [0.15, 0.2) is 14.7 Å². The lowest BCUT2D eigenvalue weighted by Crippen LogP contribution is -2.15. The molecular formula is C12H14O4S. The lowest BCUT2D eigenvalue weighted by atomic mass is 10.2. The first-order chi connectivity index (χ1) is 7.95. The van der Waals surface area contributed by atoms with Crippen molar-refractivity contribution in [3.8, 4) is 0 Å². The summed E-state index contributed by atoms with van der Waals surface area (Å²) in [5, 5.41) is 0. The van der Waals surface area contributed by atoms with Gasteiger partial charge in [-0.15, -0.1) is 0 Å². The third-order valence-corrected chi connectivity index (χ3v) is 3.06. The van der Waals surface area contributed by atoms with E-state index in [1.54, 1.807) is 31.2 Å². The zero-order valence-electron chi connectivity index (χ0n) is 9.71. The SMILES string of the molecule is CCOC(=O)/C(=C\c1ccccc1)S(C)(=O)=O. The summed E-state index contributed by atoms with van der Waals surface area (Å²) < 4.78 is 27.7. The summed E-state index contributed by atoms with van der Waals surface area (Å²) in [7, 11) is -3.60. The highest BCUT2D eigenvalue weighted by molar-refractivity contribution is 7.95. The molecule has 0 N–H and O–H groups in total. The average Bonchev–Trinajstić information content (AvgIpc) is 2.26. The minimum absolute atomic E-state index is 0.139. The molecule has 1 rings (SSSR count). The van der Waals surface area contributed by atoms with Crippen LogP contribution in [0, 0.1) is 0 Å². The van der Waals surface area contributed by atoms with Gasteiger partial charge in [-0.2, -0.15) is 0 Å². The number of ether oxygens (including phenoxy) is 1. The number of carbonyl (C=O) groups excluding carboxylic acids is 1. The first kappa shape index (κ1) is 13.4. The highest BCUT2D eigenvalue weighted by atomic mass is 32.2. The molecule has 0 unspecified atom stereocenters. The number of esters is 1. The molecule has 0 bridgehead atoms. The molecule has 0 aliphatic rings. The van der Waals surface area contributed by atoms with Gasteiger partial charge >= 0.3 is 5.97 Å². The topological polar surface area (TPSA) is 60.4 Å². The molecule has 5 heteroatoms. The van der Waals surface area contributed by atoms with Crippen LogP contribution in [0.4, 0.5) is 0 Å². The van der Waals surface area contributed by atoms with Gasteiger partial charge in [-0.1, -0.05) is 30.3 Å². The van der Waals surface area contributed by atoms with Gasteiger partial charge in [0.1, 0.15) is 0 Å². The van der Waals surface area contributed by atoms with Crippen LogP contribution >= 0.6 is 0 Å². The summed E-state index contributed by atoms with van der Waals surface area (Å²) in [5.41, 5.74) is 0.640. The van der Waals surface area contributed by atoms with Crippen molar-refractivity contribution in [1.82, 2.24) is 0 Å². The third kappa shape index (κ3) is 4.03. The molecule has 0 aromatic heterocycles. The minimum Gasteiger partial charge on any atom is -0.462 e. The van der Waals surface area contributed by atoms with Gasteiger partial charge in [0, 0.05) is 6.26 Å². The van der Waals surface area contributed by atoms with Crippen LogP contribution in [0.3, 0.4) is 0 Å². The predicted octanol–water partition coefficient (Wildman–Crippen LogP) is 1.64. The fraction of sp³-hybridized carbons (Fsp3) is 0.250. The Morgan fingerprint density at radius 3 is 2.35 bits per heavy atom. The zero-order valence-corrected chi connectivity index (χ0v) is 10.5. The van der Waals surface area contributed by atoms with Gasteiger partial charge < -0.3 is 4.74 Å². The summed E-state index contributed by atoms with van der Waals surface area (Å²) in [5.74, 6) is -0.821. The molecule has 0 aliphatic carbocycles. The maximum Gasteiger partial charge on any atom is 0.349 e. The van der Waals surface area contributed by atoms with Crippen molar-refractivity contribution in [2.24, 2.45) is 0 Å². The van der Waals surface area contributed by atoms with Gasteiger partial charge in [0.05, 0.1) is 6.61 Å². The van der Waals surface area contributed by atoms with Crippen molar-refractivity contribution in [2.75, 3.05) is 12.9 Å². The number of carbonyl (C=O) groups is 1. The van der Waals surface area contributed by atoms with E-state index in [2.05, 4.69) is 0 Å². The summed E-state index contributed by atoms with van der Waals surface area (Å²) in [6.45, 7) is 1.76. The lowest BCUT2D eigenvalue weighted by Gasteiger charge is -2.04. The van der Waals surface area contributed by atoms with E-state index < -0.39 is 15.8 Å². The molecule has 0 saturated heterocycles. The Bertz CT molecular complexity index is 515. The fourth-order valence-electron chi connectivity index (χ4n) is 1.22. The van der Waals surface area contributed by atoms with E-state index in [0.29, 0.717) is 5.56 Å². The van der Waals surface area contributed by atoms with E-state index in [4.69, 9.17) is 4.74 Å². The Morgan fingerprint density at radius 1 is 1.29 bits per heavy atom. The van der Waals surface area contributed by atoms with Crippen LogP contribution in [0.1, 0.15) is 12.5 Å². The first-order valence-electron chi connectivity index (χ1n) is 5.09. The summed E-state index contributed by atoms with van der Waals surface area (Å²) in [6, 6.07) is 8.75. The number of hydrogen-bond acceptors (Lipinski definition) is 4. The largest absolute Gasteiger partial charge is 0.462 e. The van der Waals surface area contributed by atoms with Crippen LogP contribution in [-0.4, -0.2) is 27.2 Å². The van der Waals surface area contributed by atoms with Gasteiger partial charge in [-0.25, -0.2) is 13.2 Å². The van der Waals surface area contributed by atoms with Crippen LogP contribution in [0.15, 0.2) is 35.2 Å². The standard InChI is InChI=1S/C12H14O4S/c1-3-16-12(13)11(17(2,14)15)9-10-7-5-4-6-8-10/h4-9H,3H2,1-2H3/b11-9+. The molecule has 0 saturated carbocycles. The molecule has 0 radical (unpaired) electrons. The maximum absolute atomic E-state index is 11.5. The quantitative estimate of drug-likeness (QED) is 0.605. The number of benzene rings is 1. The molecule has 17 heavy (non-hydrogen) atoms. The number of sulfone groups is 1. The van der Waals surface area contributed by atoms with E-state index >= 15 is 0 Å². The van der Waals surface area contributed by atoms with Crippen molar-refractivity contribution in [3.63, 3.8) is 0 Å². The Hall–Kier alpha value is -1.62. The normalized spacial score (nSPS) is 12.2. The molecule has 4 nitrogen and oxygen atoms in total. The smallest absolute Gasteiger partial charge is 0.349 e. The van der Waals surface area contributed by atoms with Gasteiger partial charge in [0.25, 0.3) is 0 Å². The average molecular weight is 254 g/mol. The van der Waals surface area contributed by atoms with Crippen molar-refractivity contribution >= 4 is 21.9 Å². The van der Waals surface area contributed by atoms with Gasteiger partial charge in [-0.05, 0) is 18.6 Å². The second-order valence-corrected chi connectivity index (χ2v) is 5.40. The third-order valence-electron chi connectivity index (χ3n) is 1.97. The summed E-state index contributed by atoms with van der Waals surface area (Å²) in [6.07, 6.45) is 2.30. The molecular weight excluding hydrogens is 240 g/mol. The molecule has 0 spiro atoms. The van der Waals surface area contributed by atoms with Crippen molar-refractivity contribution in [1.29, 1.82) is 0 Å². The second-order valence-electron chi connectivity index (χ2n) is 3.41. The Morgan fingerprint density at radius 2 is 1.88 bits per heavy atom. The van der Waals surface area contributed by atoms with Gasteiger partial charge in [0.2, 0.25) is 0 Å². The molecule has 0 heterocycles. The van der Waals surface area contributed by atoms with Crippen LogP contribution < -0.4 is 0 Å². The van der Waals surface area contributed by atoms with Crippen molar-refractivity contribution in [3.05, 3.63) is 40.8 Å². The van der Waals surface area contributed by atoms with E-state index in [-0.39, 0.29) is 11.5 Å². The van der Waals surface area contributed by atoms with Crippen LogP contribution in [-0.2, 0) is 19.4 Å². The highest BCUT2D eigenvalue weighted by Crippen LogP contribution is 2.13. The number of hydrogen-bond donors (Lipinski definition) is 0. The van der Waals surface area contributed by atoms with Gasteiger partial charge in [-0.3, -0.25) is 0 Å². The van der Waals surface area contributed by atoms with Crippen molar-refractivity contribution in [2.45, 2.75) is 6.92 Å². The van der Waals surface area contributed by atoms with Crippen LogP contribution in [0.5, 0.6) is 0 Å². The van der Waals surface area contributed by atoms with E-state index in [0.717, 1.165) is 6.26 Å². The molecule has 0 atom stereocenters. The van der Waals surface area contributed by atoms with E-state index in [1.807, 2.05) is 6.07 Å².